The number of carbonyl (C=O) groups excluding carboxylic acids is 2. The summed E-state index contributed by atoms with van der Waals surface area (Å²) in [5, 5.41) is 6.15. The Bertz CT molecular complexity index is 655. The third kappa shape index (κ3) is 6.53. The molecule has 0 bridgehead atoms. The van der Waals surface area contributed by atoms with Crippen molar-refractivity contribution in [1.82, 2.24) is 15.5 Å². The Kier molecular flexibility index (Phi) is 8.57. The van der Waals surface area contributed by atoms with Gasteiger partial charge in [-0.1, -0.05) is 15.9 Å². The summed E-state index contributed by atoms with van der Waals surface area (Å²) < 4.78 is 6.04. The largest absolute Gasteiger partial charge is 0.466 e. The molecule has 0 atom stereocenters. The molecule has 1 aromatic carbocycles. The second-order valence-electron chi connectivity index (χ2n) is 6.25. The highest BCUT2D eigenvalue weighted by Crippen LogP contribution is 2.18. The molecule has 1 aromatic rings. The van der Waals surface area contributed by atoms with Crippen LogP contribution in [-0.2, 0) is 9.53 Å². The molecular formula is C19H27BrN4O3. The molecular weight excluding hydrogens is 412 g/mol. The molecule has 27 heavy (non-hydrogen) atoms. The summed E-state index contributed by atoms with van der Waals surface area (Å²) in [6, 6.07) is 7.24. The van der Waals surface area contributed by atoms with Crippen LogP contribution in [0.1, 0.15) is 30.1 Å². The fourth-order valence-electron chi connectivity index (χ4n) is 2.97. The van der Waals surface area contributed by atoms with E-state index in [2.05, 4.69) is 36.5 Å². The van der Waals surface area contributed by atoms with Gasteiger partial charge in [0.15, 0.2) is 5.96 Å². The third-order valence-electron chi connectivity index (χ3n) is 4.43. The van der Waals surface area contributed by atoms with Gasteiger partial charge in [0, 0.05) is 43.3 Å². The van der Waals surface area contributed by atoms with Gasteiger partial charge in [-0.25, -0.2) is 0 Å². The molecule has 1 heterocycles. The second kappa shape index (κ2) is 10.9. The van der Waals surface area contributed by atoms with Crippen LogP contribution in [0.4, 0.5) is 0 Å². The van der Waals surface area contributed by atoms with Gasteiger partial charge in [0.05, 0.1) is 12.5 Å². The van der Waals surface area contributed by atoms with Crippen LogP contribution in [0.25, 0.3) is 0 Å². The first kappa shape index (κ1) is 21.2. The fourth-order valence-corrected chi connectivity index (χ4v) is 3.24. The van der Waals surface area contributed by atoms with Gasteiger partial charge < -0.3 is 20.3 Å². The summed E-state index contributed by atoms with van der Waals surface area (Å²) in [5.74, 6) is 0.560. The lowest BCUT2D eigenvalue weighted by Crippen LogP contribution is -2.48. The monoisotopic (exact) mass is 438 g/mol. The fraction of sp³-hybridized carbons (Fsp3) is 0.526. The number of aliphatic imine (C=N–C) groups is 1. The zero-order valence-corrected chi connectivity index (χ0v) is 17.4. The van der Waals surface area contributed by atoms with Crippen molar-refractivity contribution < 1.29 is 14.3 Å². The number of carbonyl (C=O) groups is 2. The lowest BCUT2D eigenvalue weighted by atomic mass is 9.97. The van der Waals surface area contributed by atoms with Crippen LogP contribution < -0.4 is 10.6 Å². The molecule has 2 N–H and O–H groups in total. The third-order valence-corrected chi connectivity index (χ3v) is 4.95. The van der Waals surface area contributed by atoms with E-state index < -0.39 is 0 Å². The Morgan fingerprint density at radius 2 is 1.81 bits per heavy atom. The molecule has 1 amide bonds. The van der Waals surface area contributed by atoms with Crippen molar-refractivity contribution in [3.05, 3.63) is 34.3 Å². The summed E-state index contributed by atoms with van der Waals surface area (Å²) in [7, 11) is 1.74. The van der Waals surface area contributed by atoms with Crippen LogP contribution in [0.3, 0.4) is 0 Å². The minimum atomic E-state index is -0.102. The first-order valence-corrected chi connectivity index (χ1v) is 10.0. The molecule has 0 aromatic heterocycles. The standard InChI is InChI=1S/C19H27BrN4O3/c1-3-27-18(26)15-8-12-24(13-9-15)19(21-2)23-11-10-22-17(25)14-4-6-16(20)7-5-14/h4-7,15H,3,8-13H2,1-2H3,(H,21,23)(H,22,25). The number of benzene rings is 1. The molecule has 0 aliphatic carbocycles. The normalized spacial score (nSPS) is 15.4. The topological polar surface area (TPSA) is 83.0 Å². The van der Waals surface area contributed by atoms with Gasteiger partial charge in [0.1, 0.15) is 0 Å². The highest BCUT2D eigenvalue weighted by molar-refractivity contribution is 9.10. The van der Waals surface area contributed by atoms with Crippen LogP contribution in [0.15, 0.2) is 33.7 Å². The van der Waals surface area contributed by atoms with E-state index in [1.165, 1.54) is 0 Å². The van der Waals surface area contributed by atoms with Crippen LogP contribution >= 0.6 is 15.9 Å². The van der Waals surface area contributed by atoms with Gasteiger partial charge in [0.2, 0.25) is 0 Å². The maximum Gasteiger partial charge on any atom is 0.309 e. The Morgan fingerprint density at radius 3 is 2.41 bits per heavy atom. The maximum absolute atomic E-state index is 12.1. The van der Waals surface area contributed by atoms with Gasteiger partial charge in [-0.3, -0.25) is 14.6 Å². The van der Waals surface area contributed by atoms with Crippen LogP contribution in [0.5, 0.6) is 0 Å². The molecule has 0 radical (unpaired) electrons. The van der Waals surface area contributed by atoms with Crippen LogP contribution in [0.2, 0.25) is 0 Å². The number of nitrogens with one attached hydrogen (secondary N) is 2. The highest BCUT2D eigenvalue weighted by Gasteiger charge is 2.27. The van der Waals surface area contributed by atoms with E-state index in [0.29, 0.717) is 25.3 Å². The summed E-state index contributed by atoms with van der Waals surface area (Å²) >= 11 is 3.35. The number of hydrogen-bond donors (Lipinski definition) is 2. The Hall–Kier alpha value is -2.09. The second-order valence-corrected chi connectivity index (χ2v) is 7.17. The summed E-state index contributed by atoms with van der Waals surface area (Å²) in [5.41, 5.74) is 0.628. The first-order valence-electron chi connectivity index (χ1n) is 9.21. The predicted octanol–water partition coefficient (Wildman–Crippen LogP) is 2.03. The number of guanidine groups is 1. The molecule has 1 aliphatic heterocycles. The van der Waals surface area contributed by atoms with E-state index in [0.717, 1.165) is 36.4 Å². The van der Waals surface area contributed by atoms with E-state index in [4.69, 9.17) is 4.74 Å². The van der Waals surface area contributed by atoms with E-state index in [1.807, 2.05) is 19.1 Å². The SMILES string of the molecule is CCOC(=O)C1CCN(C(=NC)NCCNC(=O)c2ccc(Br)cc2)CC1. The van der Waals surface area contributed by atoms with Crippen molar-refractivity contribution in [3.63, 3.8) is 0 Å². The van der Waals surface area contributed by atoms with Crippen molar-refractivity contribution in [2.75, 3.05) is 39.8 Å². The van der Waals surface area contributed by atoms with E-state index >= 15 is 0 Å². The lowest BCUT2D eigenvalue weighted by molar-refractivity contribution is -0.149. The van der Waals surface area contributed by atoms with Crippen molar-refractivity contribution in [2.45, 2.75) is 19.8 Å². The highest BCUT2D eigenvalue weighted by atomic mass is 79.9. The summed E-state index contributed by atoms with van der Waals surface area (Å²) in [6.07, 6.45) is 1.53. The smallest absolute Gasteiger partial charge is 0.309 e. The Morgan fingerprint density at radius 1 is 1.19 bits per heavy atom. The number of piperidine rings is 1. The number of hydrogen-bond acceptors (Lipinski definition) is 4. The van der Waals surface area contributed by atoms with E-state index in [9.17, 15) is 9.59 Å². The number of halogens is 1. The number of amides is 1. The van der Waals surface area contributed by atoms with Crippen molar-refractivity contribution >= 4 is 33.8 Å². The van der Waals surface area contributed by atoms with Crippen LogP contribution in [0, 0.1) is 5.92 Å². The van der Waals surface area contributed by atoms with E-state index in [-0.39, 0.29) is 17.8 Å². The van der Waals surface area contributed by atoms with Gasteiger partial charge >= 0.3 is 5.97 Å². The predicted molar refractivity (Wildman–Crippen MR) is 109 cm³/mol. The van der Waals surface area contributed by atoms with Gasteiger partial charge in [-0.2, -0.15) is 0 Å². The number of esters is 1. The van der Waals surface area contributed by atoms with Gasteiger partial charge in [-0.15, -0.1) is 0 Å². The van der Waals surface area contributed by atoms with Crippen molar-refractivity contribution in [1.29, 1.82) is 0 Å². The molecule has 1 fully saturated rings. The Balaban J connectivity index is 1.71. The van der Waals surface area contributed by atoms with Gasteiger partial charge in [0.25, 0.3) is 5.91 Å². The summed E-state index contributed by atoms with van der Waals surface area (Å²) in [6.45, 7) is 4.84. The zero-order chi connectivity index (χ0) is 19.6. The summed E-state index contributed by atoms with van der Waals surface area (Å²) in [4.78, 5) is 30.3. The average molecular weight is 439 g/mol. The molecule has 7 nitrogen and oxygen atoms in total. The number of likely N-dealkylation sites (tertiary alicyclic amines) is 1. The first-order chi connectivity index (χ1) is 13.0. The minimum absolute atomic E-state index is 0.0236. The van der Waals surface area contributed by atoms with Crippen molar-refractivity contribution in [2.24, 2.45) is 10.9 Å². The molecule has 2 rings (SSSR count). The number of nitrogens with zero attached hydrogens (tertiary/aromatic N) is 2. The maximum atomic E-state index is 12.1. The number of ether oxygens (including phenoxy) is 1. The molecule has 0 saturated carbocycles. The molecule has 1 aliphatic rings. The molecule has 148 valence electrons. The van der Waals surface area contributed by atoms with Crippen molar-refractivity contribution in [3.8, 4) is 0 Å². The quantitative estimate of drug-likeness (QED) is 0.307. The zero-order valence-electron chi connectivity index (χ0n) is 15.8. The van der Waals surface area contributed by atoms with E-state index in [1.54, 1.807) is 19.2 Å². The molecule has 0 unspecified atom stereocenters. The number of rotatable bonds is 6. The Labute approximate surface area is 168 Å². The average Bonchev–Trinajstić information content (AvgIpc) is 2.69. The minimum Gasteiger partial charge on any atom is -0.466 e. The molecule has 0 spiro atoms. The molecule has 8 heteroatoms. The van der Waals surface area contributed by atoms with Crippen LogP contribution in [-0.4, -0.2) is 62.6 Å². The lowest BCUT2D eigenvalue weighted by Gasteiger charge is -2.33. The molecule has 1 saturated heterocycles. The van der Waals surface area contributed by atoms with Gasteiger partial charge in [-0.05, 0) is 44.0 Å².